The van der Waals surface area contributed by atoms with Crippen LogP contribution in [0.25, 0.3) is 0 Å². The second kappa shape index (κ2) is 7.04. The normalized spacial score (nSPS) is 12.4. The molecule has 112 valence electrons. The van der Waals surface area contributed by atoms with Gasteiger partial charge in [-0.2, -0.15) is 5.10 Å². The maximum Gasteiger partial charge on any atom is 0.314 e. The Morgan fingerprint density at radius 1 is 1.38 bits per heavy atom. The standard InChI is InChI=1S/C16H21N3O2/c1-18(10-13-9-17-19(2)11-13)12-15(16(20)21-3)14-7-5-4-6-8-14/h4-9,11,15H,10,12H2,1-3H3. The molecule has 0 fully saturated rings. The van der Waals surface area contributed by atoms with E-state index < -0.39 is 0 Å². The summed E-state index contributed by atoms with van der Waals surface area (Å²) in [5.41, 5.74) is 2.10. The van der Waals surface area contributed by atoms with Crippen LogP contribution in [0.5, 0.6) is 0 Å². The molecular formula is C16H21N3O2. The van der Waals surface area contributed by atoms with Gasteiger partial charge in [-0.25, -0.2) is 0 Å². The van der Waals surface area contributed by atoms with Crippen LogP contribution in [0.2, 0.25) is 0 Å². The highest BCUT2D eigenvalue weighted by molar-refractivity contribution is 5.78. The third kappa shape index (κ3) is 4.16. The molecule has 1 atom stereocenters. The Balaban J connectivity index is 2.06. The Kier molecular flexibility index (Phi) is 5.11. The number of hydrogen-bond donors (Lipinski definition) is 0. The predicted molar refractivity (Wildman–Crippen MR) is 80.7 cm³/mol. The van der Waals surface area contributed by atoms with Crippen LogP contribution >= 0.6 is 0 Å². The van der Waals surface area contributed by atoms with E-state index in [4.69, 9.17) is 4.74 Å². The Labute approximate surface area is 125 Å². The SMILES string of the molecule is COC(=O)C(CN(C)Cc1cnn(C)c1)c1ccccc1. The molecule has 2 aromatic rings. The Bertz CT molecular complexity index is 580. The summed E-state index contributed by atoms with van der Waals surface area (Å²) >= 11 is 0. The van der Waals surface area contributed by atoms with Crippen LogP contribution in [0.15, 0.2) is 42.7 Å². The van der Waals surface area contributed by atoms with E-state index in [-0.39, 0.29) is 11.9 Å². The maximum absolute atomic E-state index is 12.0. The molecule has 0 saturated carbocycles. The summed E-state index contributed by atoms with van der Waals surface area (Å²) in [5.74, 6) is -0.489. The molecule has 5 nitrogen and oxygen atoms in total. The van der Waals surface area contributed by atoms with Gasteiger partial charge in [-0.3, -0.25) is 9.48 Å². The third-order valence-electron chi connectivity index (χ3n) is 3.39. The van der Waals surface area contributed by atoms with E-state index in [2.05, 4.69) is 10.00 Å². The number of methoxy groups -OCH3 is 1. The molecule has 0 bridgehead atoms. The Hall–Kier alpha value is -2.14. The fourth-order valence-corrected chi connectivity index (χ4v) is 2.39. The van der Waals surface area contributed by atoms with Gasteiger partial charge in [0.15, 0.2) is 0 Å². The van der Waals surface area contributed by atoms with E-state index in [1.165, 1.54) is 7.11 Å². The second-order valence-electron chi connectivity index (χ2n) is 5.21. The van der Waals surface area contributed by atoms with Crippen molar-refractivity contribution in [2.45, 2.75) is 12.5 Å². The molecule has 1 aromatic heterocycles. The monoisotopic (exact) mass is 287 g/mol. The maximum atomic E-state index is 12.0. The first-order valence-electron chi connectivity index (χ1n) is 6.89. The molecule has 1 heterocycles. The van der Waals surface area contributed by atoms with E-state index in [0.717, 1.165) is 17.7 Å². The van der Waals surface area contributed by atoms with Crippen LogP contribution in [-0.2, 0) is 23.1 Å². The van der Waals surface area contributed by atoms with E-state index in [9.17, 15) is 4.79 Å². The number of carbonyl (C=O) groups is 1. The van der Waals surface area contributed by atoms with E-state index in [0.29, 0.717) is 6.54 Å². The molecule has 0 spiro atoms. The van der Waals surface area contributed by atoms with Crippen molar-refractivity contribution in [1.82, 2.24) is 14.7 Å². The van der Waals surface area contributed by atoms with Gasteiger partial charge in [0.05, 0.1) is 19.2 Å². The summed E-state index contributed by atoms with van der Waals surface area (Å²) in [6.07, 6.45) is 3.82. The van der Waals surface area contributed by atoms with Crippen LogP contribution in [0.3, 0.4) is 0 Å². The number of hydrogen-bond acceptors (Lipinski definition) is 4. The number of aryl methyl sites for hydroxylation is 1. The molecule has 0 aliphatic rings. The minimum atomic E-state index is -0.280. The zero-order valence-electron chi connectivity index (χ0n) is 12.7. The minimum absolute atomic E-state index is 0.209. The zero-order valence-corrected chi connectivity index (χ0v) is 12.7. The number of nitrogens with zero attached hydrogens (tertiary/aromatic N) is 3. The van der Waals surface area contributed by atoms with Crippen molar-refractivity contribution in [3.63, 3.8) is 0 Å². The van der Waals surface area contributed by atoms with Crippen LogP contribution in [0.4, 0.5) is 0 Å². The molecule has 1 unspecified atom stereocenters. The first-order valence-corrected chi connectivity index (χ1v) is 6.89. The van der Waals surface area contributed by atoms with Gasteiger partial charge in [-0.15, -0.1) is 0 Å². The van der Waals surface area contributed by atoms with Gasteiger partial charge in [0, 0.05) is 31.9 Å². The molecular weight excluding hydrogens is 266 g/mol. The van der Waals surface area contributed by atoms with Crippen molar-refractivity contribution in [1.29, 1.82) is 0 Å². The average Bonchev–Trinajstić information content (AvgIpc) is 2.90. The van der Waals surface area contributed by atoms with Gasteiger partial charge in [0.2, 0.25) is 0 Å². The van der Waals surface area contributed by atoms with Gasteiger partial charge in [0.25, 0.3) is 0 Å². The number of benzene rings is 1. The number of ether oxygens (including phenoxy) is 1. The summed E-state index contributed by atoms with van der Waals surface area (Å²) < 4.78 is 6.72. The van der Waals surface area contributed by atoms with E-state index >= 15 is 0 Å². The second-order valence-corrected chi connectivity index (χ2v) is 5.21. The smallest absolute Gasteiger partial charge is 0.314 e. The lowest BCUT2D eigenvalue weighted by molar-refractivity contribution is -0.142. The van der Waals surface area contributed by atoms with E-state index in [1.807, 2.05) is 56.8 Å². The van der Waals surface area contributed by atoms with E-state index in [1.54, 1.807) is 4.68 Å². The highest BCUT2D eigenvalue weighted by Crippen LogP contribution is 2.19. The number of aromatic nitrogens is 2. The molecule has 21 heavy (non-hydrogen) atoms. The molecule has 0 aliphatic carbocycles. The lowest BCUT2D eigenvalue weighted by Gasteiger charge is -2.22. The molecule has 0 N–H and O–H groups in total. The zero-order chi connectivity index (χ0) is 15.2. The van der Waals surface area contributed by atoms with Crippen molar-refractivity contribution in [2.75, 3.05) is 20.7 Å². The molecule has 2 rings (SSSR count). The van der Waals surface area contributed by atoms with Crippen molar-refractivity contribution in [2.24, 2.45) is 7.05 Å². The predicted octanol–water partition coefficient (Wildman–Crippen LogP) is 1.81. The highest BCUT2D eigenvalue weighted by Gasteiger charge is 2.23. The van der Waals surface area contributed by atoms with Crippen molar-refractivity contribution in [3.8, 4) is 0 Å². The fourth-order valence-electron chi connectivity index (χ4n) is 2.39. The number of rotatable bonds is 6. The Morgan fingerprint density at radius 3 is 2.67 bits per heavy atom. The van der Waals surface area contributed by atoms with Crippen LogP contribution < -0.4 is 0 Å². The fraction of sp³-hybridized carbons (Fsp3) is 0.375. The highest BCUT2D eigenvalue weighted by atomic mass is 16.5. The van der Waals surface area contributed by atoms with Gasteiger partial charge >= 0.3 is 5.97 Å². The topological polar surface area (TPSA) is 47.4 Å². The summed E-state index contributed by atoms with van der Waals surface area (Å²) in [5, 5.41) is 4.16. The molecule has 0 radical (unpaired) electrons. The lowest BCUT2D eigenvalue weighted by Crippen LogP contribution is -2.29. The molecule has 1 aromatic carbocycles. The van der Waals surface area contributed by atoms with Gasteiger partial charge in [-0.05, 0) is 12.6 Å². The number of likely N-dealkylation sites (N-methyl/N-ethyl adjacent to an activating group) is 1. The van der Waals surface area contributed by atoms with Gasteiger partial charge in [0.1, 0.15) is 0 Å². The Morgan fingerprint density at radius 2 is 2.10 bits per heavy atom. The van der Waals surface area contributed by atoms with Gasteiger partial charge < -0.3 is 9.64 Å². The molecule has 5 heteroatoms. The summed E-state index contributed by atoms with van der Waals surface area (Å²) in [4.78, 5) is 14.1. The molecule has 0 amide bonds. The van der Waals surface area contributed by atoms with Crippen LogP contribution in [0.1, 0.15) is 17.0 Å². The summed E-state index contributed by atoms with van der Waals surface area (Å²) in [6.45, 7) is 1.35. The molecule has 0 saturated heterocycles. The van der Waals surface area contributed by atoms with Gasteiger partial charge in [-0.1, -0.05) is 30.3 Å². The lowest BCUT2D eigenvalue weighted by atomic mass is 9.98. The van der Waals surface area contributed by atoms with Crippen molar-refractivity contribution < 1.29 is 9.53 Å². The average molecular weight is 287 g/mol. The third-order valence-corrected chi connectivity index (χ3v) is 3.39. The quantitative estimate of drug-likeness (QED) is 0.760. The number of esters is 1. The first-order chi connectivity index (χ1) is 10.1. The summed E-state index contributed by atoms with van der Waals surface area (Å²) in [6, 6.07) is 9.73. The van der Waals surface area contributed by atoms with Crippen molar-refractivity contribution in [3.05, 3.63) is 53.9 Å². The van der Waals surface area contributed by atoms with Crippen molar-refractivity contribution >= 4 is 5.97 Å². The first kappa shape index (κ1) is 15.3. The van der Waals surface area contributed by atoms with Crippen LogP contribution in [0, 0.1) is 0 Å². The summed E-state index contributed by atoms with van der Waals surface area (Å²) in [7, 11) is 5.32. The number of carbonyl (C=O) groups excluding carboxylic acids is 1. The molecule has 0 aliphatic heterocycles. The minimum Gasteiger partial charge on any atom is -0.469 e. The largest absolute Gasteiger partial charge is 0.469 e. The van der Waals surface area contributed by atoms with Crippen LogP contribution in [-0.4, -0.2) is 41.4 Å².